The Hall–Kier alpha value is -0.0500. The summed E-state index contributed by atoms with van der Waals surface area (Å²) in [4.78, 5) is 0. The molecule has 3 heteroatoms. The van der Waals surface area contributed by atoms with Gasteiger partial charge in [0.25, 0.3) is 0 Å². The summed E-state index contributed by atoms with van der Waals surface area (Å²) in [5.41, 5.74) is -0.202. The molecule has 19 heavy (non-hydrogen) atoms. The van der Waals surface area contributed by atoms with Crippen LogP contribution in [-0.2, 0) is 9.47 Å². The first-order valence-corrected chi connectivity index (χ1v) is 7.67. The molecule has 0 aromatic heterocycles. The molecule has 0 aliphatic rings. The van der Waals surface area contributed by atoms with Crippen molar-refractivity contribution >= 4 is 11.6 Å². The normalized spacial score (nSPS) is 14.4. The zero-order valence-corrected chi connectivity index (χ0v) is 14.2. The average molecular weight is 291 g/mol. The first-order chi connectivity index (χ1) is 8.73. The lowest BCUT2D eigenvalue weighted by Crippen LogP contribution is -2.42. The Bertz CT molecular complexity index is 237. The molecule has 1 atom stereocenters. The summed E-state index contributed by atoms with van der Waals surface area (Å²) in [6, 6.07) is 0. The minimum absolute atomic E-state index is 0.146. The van der Waals surface area contributed by atoms with Crippen LogP contribution >= 0.6 is 11.6 Å². The number of ether oxygens (including phenoxy) is 2. The van der Waals surface area contributed by atoms with Crippen molar-refractivity contribution in [3.63, 3.8) is 0 Å². The largest absolute Gasteiger partial charge is 0.378 e. The lowest BCUT2D eigenvalue weighted by atomic mass is 9.78. The zero-order valence-electron chi connectivity index (χ0n) is 13.4. The van der Waals surface area contributed by atoms with Crippen molar-refractivity contribution in [1.29, 1.82) is 0 Å². The average Bonchev–Trinajstić information content (AvgIpc) is 2.31. The Labute approximate surface area is 124 Å². The van der Waals surface area contributed by atoms with Crippen molar-refractivity contribution in [1.82, 2.24) is 0 Å². The molecular formula is C16H31ClO2. The molecule has 0 aromatic carbocycles. The van der Waals surface area contributed by atoms with E-state index in [1.807, 2.05) is 27.7 Å². The predicted molar refractivity (Wildman–Crippen MR) is 83.9 cm³/mol. The third kappa shape index (κ3) is 7.34. The predicted octanol–water partition coefficient (Wildman–Crippen LogP) is 4.66. The van der Waals surface area contributed by atoms with E-state index in [9.17, 15) is 0 Å². The van der Waals surface area contributed by atoms with Gasteiger partial charge in [0.1, 0.15) is 0 Å². The van der Waals surface area contributed by atoms with Crippen molar-refractivity contribution in [2.75, 3.05) is 13.2 Å². The maximum Gasteiger partial charge on any atom is 0.0614 e. The van der Waals surface area contributed by atoms with Crippen LogP contribution in [0, 0.1) is 11.3 Å². The van der Waals surface area contributed by atoms with E-state index in [1.54, 1.807) is 6.08 Å². The number of halogens is 1. The highest BCUT2D eigenvalue weighted by Gasteiger charge is 2.38. The lowest BCUT2D eigenvalue weighted by molar-refractivity contribution is -0.0615. The fourth-order valence-corrected chi connectivity index (χ4v) is 2.37. The fraction of sp³-hybridized carbons (Fsp3) is 0.875. The van der Waals surface area contributed by atoms with E-state index in [0.717, 1.165) is 6.42 Å². The minimum atomic E-state index is -0.202. The number of rotatable bonds is 10. The van der Waals surface area contributed by atoms with E-state index in [4.69, 9.17) is 21.1 Å². The molecule has 0 rings (SSSR count). The third-order valence-electron chi connectivity index (χ3n) is 3.01. The summed E-state index contributed by atoms with van der Waals surface area (Å²) in [5.74, 6) is 0.535. The van der Waals surface area contributed by atoms with Crippen LogP contribution in [0.4, 0.5) is 0 Å². The second-order valence-electron chi connectivity index (χ2n) is 6.32. The second kappa shape index (κ2) is 8.99. The van der Waals surface area contributed by atoms with E-state index in [1.165, 1.54) is 0 Å². The molecular weight excluding hydrogens is 260 g/mol. The zero-order chi connectivity index (χ0) is 15.1. The van der Waals surface area contributed by atoms with Crippen LogP contribution in [0.15, 0.2) is 12.7 Å². The molecule has 0 spiro atoms. The molecule has 0 N–H and O–H groups in total. The van der Waals surface area contributed by atoms with Gasteiger partial charge >= 0.3 is 0 Å². The van der Waals surface area contributed by atoms with E-state index >= 15 is 0 Å². The highest BCUT2D eigenvalue weighted by atomic mass is 35.5. The number of allylic oxidation sites excluding steroid dienone is 1. The lowest BCUT2D eigenvalue weighted by Gasteiger charge is -2.38. The standard InChI is InChI=1S/C16H31ClO2/c1-8-15(17)16(9-12(2)3,10-18-13(4)5)11-19-14(6)7/h8,12-15H,1,9-11H2,2-7H3. The Morgan fingerprint density at radius 3 is 1.68 bits per heavy atom. The monoisotopic (exact) mass is 290 g/mol. The number of hydrogen-bond donors (Lipinski definition) is 0. The van der Waals surface area contributed by atoms with Gasteiger partial charge in [-0.05, 0) is 40.0 Å². The molecule has 0 saturated carbocycles. The molecule has 114 valence electrons. The van der Waals surface area contributed by atoms with Crippen LogP contribution in [-0.4, -0.2) is 30.8 Å². The van der Waals surface area contributed by atoms with Gasteiger partial charge in [-0.1, -0.05) is 19.9 Å². The highest BCUT2D eigenvalue weighted by Crippen LogP contribution is 2.36. The second-order valence-corrected chi connectivity index (χ2v) is 6.79. The Morgan fingerprint density at radius 2 is 1.42 bits per heavy atom. The quantitative estimate of drug-likeness (QED) is 0.430. The van der Waals surface area contributed by atoms with Gasteiger partial charge in [0.2, 0.25) is 0 Å². The van der Waals surface area contributed by atoms with Gasteiger partial charge in [-0.15, -0.1) is 18.2 Å². The highest BCUT2D eigenvalue weighted by molar-refractivity contribution is 6.22. The van der Waals surface area contributed by atoms with Gasteiger partial charge in [-0.2, -0.15) is 0 Å². The molecule has 0 aliphatic heterocycles. The Balaban J connectivity index is 5.00. The Kier molecular flexibility index (Phi) is 8.97. The first kappa shape index (κ1) is 18.9. The Morgan fingerprint density at radius 1 is 1.00 bits per heavy atom. The molecule has 0 aromatic rings. The molecule has 0 fully saturated rings. The van der Waals surface area contributed by atoms with E-state index in [0.29, 0.717) is 19.1 Å². The van der Waals surface area contributed by atoms with Crippen LogP contribution < -0.4 is 0 Å². The number of alkyl halides is 1. The van der Waals surface area contributed by atoms with E-state index in [-0.39, 0.29) is 23.0 Å². The minimum Gasteiger partial charge on any atom is -0.378 e. The molecule has 0 radical (unpaired) electrons. The van der Waals surface area contributed by atoms with Crippen LogP contribution in [0.25, 0.3) is 0 Å². The van der Waals surface area contributed by atoms with Crippen molar-refractivity contribution < 1.29 is 9.47 Å². The van der Waals surface area contributed by atoms with Crippen molar-refractivity contribution in [3.05, 3.63) is 12.7 Å². The van der Waals surface area contributed by atoms with E-state index < -0.39 is 0 Å². The van der Waals surface area contributed by atoms with Crippen molar-refractivity contribution in [3.8, 4) is 0 Å². The summed E-state index contributed by atoms with van der Waals surface area (Å²) in [5, 5.41) is -0.146. The fourth-order valence-electron chi connectivity index (χ4n) is 2.16. The smallest absolute Gasteiger partial charge is 0.0614 e. The molecule has 0 amide bonds. The summed E-state index contributed by atoms with van der Waals surface area (Å²) < 4.78 is 11.7. The van der Waals surface area contributed by atoms with Gasteiger partial charge in [0.05, 0.1) is 30.8 Å². The van der Waals surface area contributed by atoms with Gasteiger partial charge in [0.15, 0.2) is 0 Å². The van der Waals surface area contributed by atoms with Gasteiger partial charge in [0, 0.05) is 5.41 Å². The van der Waals surface area contributed by atoms with E-state index in [2.05, 4.69) is 20.4 Å². The molecule has 0 heterocycles. The van der Waals surface area contributed by atoms with Gasteiger partial charge in [-0.25, -0.2) is 0 Å². The summed E-state index contributed by atoms with van der Waals surface area (Å²) in [7, 11) is 0. The van der Waals surface area contributed by atoms with Crippen LogP contribution in [0.2, 0.25) is 0 Å². The molecule has 2 nitrogen and oxygen atoms in total. The van der Waals surface area contributed by atoms with Gasteiger partial charge < -0.3 is 9.47 Å². The summed E-state index contributed by atoms with van der Waals surface area (Å²) in [6.07, 6.45) is 3.16. The summed E-state index contributed by atoms with van der Waals surface area (Å²) in [6.45, 7) is 17.6. The first-order valence-electron chi connectivity index (χ1n) is 7.23. The van der Waals surface area contributed by atoms with Crippen molar-refractivity contribution in [2.45, 2.75) is 65.5 Å². The molecule has 1 unspecified atom stereocenters. The van der Waals surface area contributed by atoms with Crippen LogP contribution in [0.5, 0.6) is 0 Å². The number of hydrogen-bond acceptors (Lipinski definition) is 2. The van der Waals surface area contributed by atoms with Crippen LogP contribution in [0.3, 0.4) is 0 Å². The maximum absolute atomic E-state index is 6.52. The van der Waals surface area contributed by atoms with Crippen LogP contribution in [0.1, 0.15) is 48.0 Å². The maximum atomic E-state index is 6.52. The topological polar surface area (TPSA) is 18.5 Å². The molecule has 0 bridgehead atoms. The molecule has 0 aliphatic carbocycles. The third-order valence-corrected chi connectivity index (χ3v) is 3.66. The summed E-state index contributed by atoms with van der Waals surface area (Å²) >= 11 is 6.52. The SMILES string of the molecule is C=CC(Cl)C(COC(C)C)(COC(C)C)CC(C)C. The molecule has 0 saturated heterocycles. The van der Waals surface area contributed by atoms with Crippen molar-refractivity contribution in [2.24, 2.45) is 11.3 Å². The van der Waals surface area contributed by atoms with Gasteiger partial charge in [-0.3, -0.25) is 0 Å².